The summed E-state index contributed by atoms with van der Waals surface area (Å²) in [6.45, 7) is 6.51. The SMILES string of the molecule is CC(C)C[C@H](CO)N1C(=O)[C@@H]2[C@@H]3C(=O)OCCCC/C=C\[C@]3(C)S[C@@]23C=CCN(c2ccc4ccccc4c2)C(=O)C13. The highest BCUT2D eigenvalue weighted by Crippen LogP contribution is 2.65. The summed E-state index contributed by atoms with van der Waals surface area (Å²) in [5.74, 6) is -2.16. The Hall–Kier alpha value is -3.10. The van der Waals surface area contributed by atoms with Gasteiger partial charge in [0, 0.05) is 17.0 Å². The smallest absolute Gasteiger partial charge is 0.311 e. The number of cyclic esters (lactones) is 1. The number of hydrogen-bond donors (Lipinski definition) is 1. The van der Waals surface area contributed by atoms with Gasteiger partial charge in [-0.2, -0.15) is 0 Å². The minimum absolute atomic E-state index is 0.189. The van der Waals surface area contributed by atoms with Crippen LogP contribution in [-0.2, 0) is 19.1 Å². The van der Waals surface area contributed by atoms with Gasteiger partial charge < -0.3 is 19.6 Å². The van der Waals surface area contributed by atoms with Gasteiger partial charge in [-0.05, 0) is 61.4 Å². The summed E-state index contributed by atoms with van der Waals surface area (Å²) in [6.07, 6.45) is 11.3. The van der Waals surface area contributed by atoms with Gasteiger partial charge in [0.25, 0.3) is 5.91 Å². The molecule has 0 aromatic heterocycles. The first-order valence-electron chi connectivity index (χ1n) is 15.2. The topological polar surface area (TPSA) is 87.2 Å². The maximum atomic E-state index is 14.9. The maximum absolute atomic E-state index is 14.9. The second-order valence-electron chi connectivity index (χ2n) is 12.7. The number of hydrogen-bond acceptors (Lipinski definition) is 6. The van der Waals surface area contributed by atoms with E-state index in [0.29, 0.717) is 19.6 Å². The van der Waals surface area contributed by atoms with Crippen LogP contribution < -0.4 is 4.90 Å². The molecule has 0 aliphatic carbocycles. The molecule has 6 rings (SSSR count). The lowest BCUT2D eigenvalue weighted by molar-refractivity contribution is -0.154. The largest absolute Gasteiger partial charge is 0.465 e. The average Bonchev–Trinajstić information content (AvgIpc) is 3.30. The van der Waals surface area contributed by atoms with Crippen molar-refractivity contribution in [1.29, 1.82) is 0 Å². The molecule has 7 nitrogen and oxygen atoms in total. The van der Waals surface area contributed by atoms with E-state index in [2.05, 4.69) is 12.2 Å². The molecule has 1 spiro atoms. The minimum atomic E-state index is -0.985. The molecular weight excluding hydrogens is 548 g/mol. The molecule has 2 fully saturated rings. The highest BCUT2D eigenvalue weighted by Gasteiger charge is 2.74. The molecule has 2 amide bonds. The molecule has 0 bridgehead atoms. The van der Waals surface area contributed by atoms with E-state index in [1.165, 1.54) is 0 Å². The first-order chi connectivity index (χ1) is 20.2. The van der Waals surface area contributed by atoms with Crippen LogP contribution in [0.25, 0.3) is 10.8 Å². The summed E-state index contributed by atoms with van der Waals surface area (Å²) in [6, 6.07) is 12.6. The average molecular weight is 589 g/mol. The number of fused-ring (bicyclic) bond motifs is 3. The zero-order valence-electron chi connectivity index (χ0n) is 24.6. The van der Waals surface area contributed by atoms with Crippen LogP contribution in [0.5, 0.6) is 0 Å². The molecular formula is C34H40N2O5S. The first-order valence-corrected chi connectivity index (χ1v) is 16.0. The van der Waals surface area contributed by atoms with E-state index in [1.807, 2.05) is 75.4 Å². The summed E-state index contributed by atoms with van der Waals surface area (Å²) in [5.41, 5.74) is 0.758. The molecule has 4 heterocycles. The number of allylic oxidation sites excluding steroid dienone is 1. The molecule has 4 aliphatic heterocycles. The summed E-state index contributed by atoms with van der Waals surface area (Å²) in [4.78, 5) is 46.7. The summed E-state index contributed by atoms with van der Waals surface area (Å²) in [7, 11) is 0. The third-order valence-corrected chi connectivity index (χ3v) is 11.1. The van der Waals surface area contributed by atoms with E-state index in [9.17, 15) is 19.5 Å². The number of nitrogens with zero attached hydrogens (tertiary/aromatic N) is 2. The highest BCUT2D eigenvalue weighted by molar-refractivity contribution is 8.02. The van der Waals surface area contributed by atoms with Gasteiger partial charge in [-0.15, -0.1) is 11.8 Å². The molecule has 2 aromatic carbocycles. The molecule has 1 unspecified atom stereocenters. The number of rotatable bonds is 5. The fourth-order valence-electron chi connectivity index (χ4n) is 7.53. The van der Waals surface area contributed by atoms with Crippen molar-refractivity contribution in [3.63, 3.8) is 0 Å². The number of thioether (sulfide) groups is 1. The summed E-state index contributed by atoms with van der Waals surface area (Å²) < 4.78 is 4.07. The number of anilines is 1. The molecule has 222 valence electrons. The molecule has 42 heavy (non-hydrogen) atoms. The number of carbonyl (C=O) groups excluding carboxylic acids is 3. The van der Waals surface area contributed by atoms with Crippen LogP contribution >= 0.6 is 11.8 Å². The van der Waals surface area contributed by atoms with Gasteiger partial charge in [-0.1, -0.05) is 68.5 Å². The highest BCUT2D eigenvalue weighted by atomic mass is 32.2. The van der Waals surface area contributed by atoms with E-state index in [0.717, 1.165) is 35.7 Å². The number of amides is 2. The van der Waals surface area contributed by atoms with Crippen molar-refractivity contribution in [1.82, 2.24) is 4.90 Å². The van der Waals surface area contributed by atoms with E-state index in [1.54, 1.807) is 21.6 Å². The third-order valence-electron chi connectivity index (χ3n) is 9.33. The van der Waals surface area contributed by atoms with Crippen LogP contribution in [0.1, 0.15) is 46.5 Å². The zero-order chi connectivity index (χ0) is 29.6. The fourth-order valence-corrected chi connectivity index (χ4v) is 9.67. The van der Waals surface area contributed by atoms with Crippen LogP contribution in [-0.4, -0.2) is 69.1 Å². The molecule has 2 saturated heterocycles. The molecule has 6 atom stereocenters. The zero-order valence-corrected chi connectivity index (χ0v) is 25.4. The summed E-state index contributed by atoms with van der Waals surface area (Å²) >= 11 is 1.55. The van der Waals surface area contributed by atoms with Crippen molar-refractivity contribution in [2.45, 2.75) is 68.0 Å². The number of aliphatic hydroxyl groups is 1. The monoisotopic (exact) mass is 588 g/mol. The minimum Gasteiger partial charge on any atom is -0.465 e. The van der Waals surface area contributed by atoms with Crippen molar-refractivity contribution in [3.8, 4) is 0 Å². The van der Waals surface area contributed by atoms with Crippen molar-refractivity contribution in [3.05, 3.63) is 66.8 Å². The Morgan fingerprint density at radius 2 is 1.79 bits per heavy atom. The Morgan fingerprint density at radius 3 is 2.55 bits per heavy atom. The van der Waals surface area contributed by atoms with Gasteiger partial charge in [0.1, 0.15) is 6.04 Å². The number of likely N-dealkylation sites (tertiary alicyclic amines) is 1. The predicted molar refractivity (Wildman–Crippen MR) is 166 cm³/mol. The van der Waals surface area contributed by atoms with Gasteiger partial charge in [0.05, 0.1) is 35.8 Å². The number of esters is 1. The molecule has 0 saturated carbocycles. The van der Waals surface area contributed by atoms with Crippen LogP contribution in [0.4, 0.5) is 5.69 Å². The number of benzene rings is 2. The Labute approximate surface area is 252 Å². The van der Waals surface area contributed by atoms with Gasteiger partial charge in [0.2, 0.25) is 5.91 Å². The maximum Gasteiger partial charge on any atom is 0.311 e. The molecule has 2 aromatic rings. The van der Waals surface area contributed by atoms with Crippen LogP contribution in [0.2, 0.25) is 0 Å². The van der Waals surface area contributed by atoms with Crippen LogP contribution in [0, 0.1) is 17.8 Å². The quantitative estimate of drug-likeness (QED) is 0.386. The lowest BCUT2D eigenvalue weighted by atomic mass is 9.74. The Kier molecular flexibility index (Phi) is 7.73. The van der Waals surface area contributed by atoms with E-state index in [4.69, 9.17) is 4.74 Å². The van der Waals surface area contributed by atoms with Crippen molar-refractivity contribution >= 4 is 46.0 Å². The van der Waals surface area contributed by atoms with Crippen molar-refractivity contribution < 1.29 is 24.2 Å². The number of aliphatic hydroxyl groups excluding tert-OH is 1. The fraction of sp³-hybridized carbons (Fsp3) is 0.500. The predicted octanol–water partition coefficient (Wildman–Crippen LogP) is 5.12. The number of carbonyl (C=O) groups is 3. The summed E-state index contributed by atoms with van der Waals surface area (Å²) in [5, 5.41) is 12.7. The lowest BCUT2D eigenvalue weighted by Crippen LogP contribution is -2.57. The van der Waals surface area contributed by atoms with Gasteiger partial charge in [-0.3, -0.25) is 14.4 Å². The van der Waals surface area contributed by atoms with Crippen molar-refractivity contribution in [2.24, 2.45) is 17.8 Å². The van der Waals surface area contributed by atoms with Gasteiger partial charge in [-0.25, -0.2) is 0 Å². The van der Waals surface area contributed by atoms with Crippen LogP contribution in [0.15, 0.2) is 66.8 Å². The standard InChI is InChI=1S/C34H40N2O5S/c1-22(2)19-26(21-37)36-29-31(39)35(25-14-13-23-11-6-7-12-24(23)20-25)17-10-16-34(29)27(30(36)38)28-32(40)41-18-9-5-4-8-15-33(28,3)42-34/h6-8,10-16,20,22,26-29,37H,4-5,9,17-19,21H2,1-3H3/b15-8-/t26-,27+,28-,29?,33+,34+/m1/s1. The Morgan fingerprint density at radius 1 is 1.00 bits per heavy atom. The van der Waals surface area contributed by atoms with E-state index < -0.39 is 33.4 Å². The second-order valence-corrected chi connectivity index (χ2v) is 14.4. The third kappa shape index (κ3) is 4.67. The van der Waals surface area contributed by atoms with Crippen molar-refractivity contribution in [2.75, 3.05) is 24.7 Å². The molecule has 0 radical (unpaired) electrons. The van der Waals surface area contributed by atoms with E-state index >= 15 is 0 Å². The first kappa shape index (κ1) is 29.0. The molecule has 1 N–H and O–H groups in total. The number of ether oxygens (including phenoxy) is 1. The lowest BCUT2D eigenvalue weighted by Gasteiger charge is -2.40. The Balaban J connectivity index is 1.50. The second kappa shape index (κ2) is 11.2. The Bertz CT molecular complexity index is 1450. The van der Waals surface area contributed by atoms with E-state index in [-0.39, 0.29) is 30.3 Å². The normalized spacial score (nSPS) is 32.8. The van der Waals surface area contributed by atoms with Gasteiger partial charge in [0.15, 0.2) is 0 Å². The van der Waals surface area contributed by atoms with Crippen LogP contribution in [0.3, 0.4) is 0 Å². The molecule has 8 heteroatoms. The van der Waals surface area contributed by atoms with Gasteiger partial charge >= 0.3 is 5.97 Å². The molecule has 4 aliphatic rings.